The SMILES string of the molecule is COc1cc(N)c(NCc2cnccc2C)cc1OC. The summed E-state index contributed by atoms with van der Waals surface area (Å²) in [6.45, 7) is 2.70. The van der Waals surface area contributed by atoms with Crippen LogP contribution in [0.3, 0.4) is 0 Å². The third kappa shape index (κ3) is 2.93. The summed E-state index contributed by atoms with van der Waals surface area (Å²) in [5.74, 6) is 1.26. The number of nitrogens with two attached hydrogens (primary N) is 1. The molecule has 0 saturated heterocycles. The number of nitrogens with one attached hydrogen (secondary N) is 1. The van der Waals surface area contributed by atoms with E-state index in [0.29, 0.717) is 23.7 Å². The minimum atomic E-state index is 0.615. The van der Waals surface area contributed by atoms with E-state index in [0.717, 1.165) is 11.3 Å². The van der Waals surface area contributed by atoms with E-state index in [2.05, 4.69) is 17.2 Å². The van der Waals surface area contributed by atoms with Crippen molar-refractivity contribution in [3.8, 4) is 11.5 Å². The van der Waals surface area contributed by atoms with Gasteiger partial charge in [0.1, 0.15) is 0 Å². The standard InChI is InChI=1S/C15H19N3O2/c1-10-4-5-17-8-11(10)9-18-13-7-15(20-3)14(19-2)6-12(13)16/h4-8,18H,9,16H2,1-3H3. The smallest absolute Gasteiger partial charge is 0.162 e. The number of hydrogen-bond donors (Lipinski definition) is 2. The average molecular weight is 273 g/mol. The van der Waals surface area contributed by atoms with E-state index in [4.69, 9.17) is 15.2 Å². The van der Waals surface area contributed by atoms with Gasteiger partial charge >= 0.3 is 0 Å². The molecule has 0 aliphatic carbocycles. The molecule has 20 heavy (non-hydrogen) atoms. The average Bonchev–Trinajstić information content (AvgIpc) is 2.47. The molecule has 3 N–H and O–H groups in total. The van der Waals surface area contributed by atoms with Crippen LogP contribution in [0.2, 0.25) is 0 Å². The fraction of sp³-hybridized carbons (Fsp3) is 0.267. The highest BCUT2D eigenvalue weighted by Gasteiger charge is 2.09. The Morgan fingerprint density at radius 2 is 1.90 bits per heavy atom. The number of anilines is 2. The lowest BCUT2D eigenvalue weighted by Crippen LogP contribution is -2.05. The minimum absolute atomic E-state index is 0.615. The van der Waals surface area contributed by atoms with E-state index in [9.17, 15) is 0 Å². The third-order valence-corrected chi connectivity index (χ3v) is 3.17. The first kappa shape index (κ1) is 14.0. The fourth-order valence-electron chi connectivity index (χ4n) is 1.92. The number of rotatable bonds is 5. The summed E-state index contributed by atoms with van der Waals surface area (Å²) in [6.07, 6.45) is 3.63. The quantitative estimate of drug-likeness (QED) is 0.819. The molecule has 0 unspecified atom stereocenters. The van der Waals surface area contributed by atoms with Gasteiger partial charge in [-0.15, -0.1) is 0 Å². The molecule has 0 spiro atoms. The molecule has 0 saturated carbocycles. The zero-order valence-corrected chi connectivity index (χ0v) is 11.9. The predicted molar refractivity (Wildman–Crippen MR) is 80.3 cm³/mol. The molecule has 1 heterocycles. The lowest BCUT2D eigenvalue weighted by molar-refractivity contribution is 0.355. The zero-order chi connectivity index (χ0) is 14.5. The molecule has 5 heteroatoms. The van der Waals surface area contributed by atoms with Gasteiger partial charge in [0, 0.05) is 31.1 Å². The molecule has 1 aromatic heterocycles. The maximum absolute atomic E-state index is 6.01. The minimum Gasteiger partial charge on any atom is -0.493 e. The van der Waals surface area contributed by atoms with Crippen LogP contribution in [0.15, 0.2) is 30.6 Å². The first-order valence-corrected chi connectivity index (χ1v) is 6.30. The molecular weight excluding hydrogens is 254 g/mol. The van der Waals surface area contributed by atoms with E-state index in [-0.39, 0.29) is 0 Å². The van der Waals surface area contributed by atoms with Crippen LogP contribution in [0.25, 0.3) is 0 Å². The summed E-state index contributed by atoms with van der Waals surface area (Å²) in [7, 11) is 3.19. The molecule has 0 amide bonds. The molecule has 0 aliphatic rings. The number of hydrogen-bond acceptors (Lipinski definition) is 5. The van der Waals surface area contributed by atoms with Crippen molar-refractivity contribution in [2.45, 2.75) is 13.5 Å². The number of methoxy groups -OCH3 is 2. The van der Waals surface area contributed by atoms with E-state index in [1.165, 1.54) is 5.56 Å². The fourth-order valence-corrected chi connectivity index (χ4v) is 1.92. The Kier molecular flexibility index (Phi) is 4.30. The Bertz CT molecular complexity index is 600. The van der Waals surface area contributed by atoms with Gasteiger partial charge in [-0.2, -0.15) is 0 Å². The number of pyridine rings is 1. The Morgan fingerprint density at radius 1 is 1.20 bits per heavy atom. The molecule has 1 aromatic carbocycles. The van der Waals surface area contributed by atoms with Gasteiger partial charge in [0.25, 0.3) is 0 Å². The Labute approximate surface area is 118 Å². The summed E-state index contributed by atoms with van der Waals surface area (Å²) >= 11 is 0. The maximum atomic E-state index is 6.01. The van der Waals surface area contributed by atoms with Crippen LogP contribution in [0, 0.1) is 6.92 Å². The highest BCUT2D eigenvalue weighted by Crippen LogP contribution is 2.35. The van der Waals surface area contributed by atoms with Crippen LogP contribution in [0.1, 0.15) is 11.1 Å². The normalized spacial score (nSPS) is 10.2. The van der Waals surface area contributed by atoms with Gasteiger partial charge in [-0.3, -0.25) is 4.98 Å². The highest BCUT2D eigenvalue weighted by atomic mass is 16.5. The van der Waals surface area contributed by atoms with E-state index in [1.54, 1.807) is 26.5 Å². The van der Waals surface area contributed by atoms with Crippen molar-refractivity contribution in [1.29, 1.82) is 0 Å². The van der Waals surface area contributed by atoms with Crippen molar-refractivity contribution in [2.75, 3.05) is 25.3 Å². The first-order chi connectivity index (χ1) is 9.65. The Morgan fingerprint density at radius 3 is 2.55 bits per heavy atom. The molecule has 0 radical (unpaired) electrons. The number of aryl methyl sites for hydroxylation is 1. The monoisotopic (exact) mass is 273 g/mol. The molecular formula is C15H19N3O2. The molecule has 0 atom stereocenters. The summed E-state index contributed by atoms with van der Waals surface area (Å²) in [5.41, 5.74) is 9.75. The van der Waals surface area contributed by atoms with Crippen LogP contribution in [0.5, 0.6) is 11.5 Å². The molecule has 0 fully saturated rings. The van der Waals surface area contributed by atoms with Gasteiger partial charge in [-0.1, -0.05) is 0 Å². The topological polar surface area (TPSA) is 69.4 Å². The summed E-state index contributed by atoms with van der Waals surface area (Å²) in [4.78, 5) is 4.13. The Hall–Kier alpha value is -2.43. The van der Waals surface area contributed by atoms with Crippen molar-refractivity contribution in [3.05, 3.63) is 41.7 Å². The second-order valence-electron chi connectivity index (χ2n) is 4.45. The molecule has 2 aromatic rings. The number of aromatic nitrogens is 1. The van der Waals surface area contributed by atoms with Crippen molar-refractivity contribution in [1.82, 2.24) is 4.98 Å². The van der Waals surface area contributed by atoms with Gasteiger partial charge in [0.2, 0.25) is 0 Å². The summed E-state index contributed by atoms with van der Waals surface area (Å²) in [5, 5.41) is 3.30. The van der Waals surface area contributed by atoms with Crippen LogP contribution >= 0.6 is 0 Å². The lowest BCUT2D eigenvalue weighted by atomic mass is 10.1. The van der Waals surface area contributed by atoms with Gasteiger partial charge < -0.3 is 20.5 Å². The predicted octanol–water partition coefficient (Wildman–Crippen LogP) is 2.60. The van der Waals surface area contributed by atoms with Gasteiger partial charge in [-0.25, -0.2) is 0 Å². The zero-order valence-electron chi connectivity index (χ0n) is 11.9. The van der Waals surface area contributed by atoms with Crippen molar-refractivity contribution in [2.24, 2.45) is 0 Å². The molecule has 0 bridgehead atoms. The second-order valence-corrected chi connectivity index (χ2v) is 4.45. The summed E-state index contributed by atoms with van der Waals surface area (Å²) in [6, 6.07) is 5.56. The molecule has 0 aliphatic heterocycles. The number of nitrogen functional groups attached to an aromatic ring is 1. The maximum Gasteiger partial charge on any atom is 0.162 e. The third-order valence-electron chi connectivity index (χ3n) is 3.17. The largest absolute Gasteiger partial charge is 0.493 e. The van der Waals surface area contributed by atoms with Crippen LogP contribution in [-0.2, 0) is 6.54 Å². The second kappa shape index (κ2) is 6.14. The van der Waals surface area contributed by atoms with Gasteiger partial charge in [-0.05, 0) is 24.1 Å². The molecule has 5 nitrogen and oxygen atoms in total. The van der Waals surface area contributed by atoms with Crippen LogP contribution < -0.4 is 20.5 Å². The molecule has 2 rings (SSSR count). The molecule has 106 valence electrons. The Balaban J connectivity index is 2.19. The first-order valence-electron chi connectivity index (χ1n) is 6.30. The van der Waals surface area contributed by atoms with E-state index in [1.807, 2.05) is 18.3 Å². The van der Waals surface area contributed by atoms with Gasteiger partial charge in [0.05, 0.1) is 25.6 Å². The number of nitrogens with zero attached hydrogens (tertiary/aromatic N) is 1. The van der Waals surface area contributed by atoms with Crippen molar-refractivity contribution >= 4 is 11.4 Å². The van der Waals surface area contributed by atoms with Crippen molar-refractivity contribution < 1.29 is 9.47 Å². The highest BCUT2D eigenvalue weighted by molar-refractivity contribution is 5.72. The number of ether oxygens (including phenoxy) is 2. The van der Waals surface area contributed by atoms with E-state index >= 15 is 0 Å². The lowest BCUT2D eigenvalue weighted by Gasteiger charge is -2.14. The summed E-state index contributed by atoms with van der Waals surface area (Å²) < 4.78 is 10.5. The van der Waals surface area contributed by atoms with Gasteiger partial charge in [0.15, 0.2) is 11.5 Å². The van der Waals surface area contributed by atoms with Crippen LogP contribution in [0.4, 0.5) is 11.4 Å². The number of benzene rings is 1. The van der Waals surface area contributed by atoms with E-state index < -0.39 is 0 Å². The van der Waals surface area contributed by atoms with Crippen LogP contribution in [-0.4, -0.2) is 19.2 Å². The van der Waals surface area contributed by atoms with Crippen molar-refractivity contribution in [3.63, 3.8) is 0 Å².